The molecule has 0 amide bonds. The number of hydrogen-bond acceptors (Lipinski definition) is 5. The molecular weight excluding hydrogens is 366 g/mol. The minimum Gasteiger partial charge on any atom is -0.496 e. The molecule has 1 saturated heterocycles. The Morgan fingerprint density at radius 1 is 1.25 bits per heavy atom. The SMILES string of the molecule is CCCc1nc2cc(CNC3CCCNC3c3ccccc3)c(OC)cc2s1. The number of nitrogens with one attached hydrogen (secondary N) is 2. The van der Waals surface area contributed by atoms with Gasteiger partial charge in [0.25, 0.3) is 0 Å². The largest absolute Gasteiger partial charge is 0.496 e. The molecule has 5 heteroatoms. The molecule has 0 spiro atoms. The lowest BCUT2D eigenvalue weighted by Gasteiger charge is -2.34. The summed E-state index contributed by atoms with van der Waals surface area (Å²) in [5.74, 6) is 0.951. The van der Waals surface area contributed by atoms with Crippen molar-refractivity contribution in [2.24, 2.45) is 0 Å². The lowest BCUT2D eigenvalue weighted by Crippen LogP contribution is -2.45. The average molecular weight is 396 g/mol. The number of fused-ring (bicyclic) bond motifs is 1. The van der Waals surface area contributed by atoms with Gasteiger partial charge in [0.15, 0.2) is 0 Å². The van der Waals surface area contributed by atoms with Crippen molar-refractivity contribution in [3.8, 4) is 5.75 Å². The second-order valence-corrected chi connectivity index (χ2v) is 8.58. The van der Waals surface area contributed by atoms with E-state index in [0.29, 0.717) is 12.1 Å². The van der Waals surface area contributed by atoms with E-state index >= 15 is 0 Å². The summed E-state index contributed by atoms with van der Waals surface area (Å²) in [6, 6.07) is 15.9. The first-order valence-electron chi connectivity index (χ1n) is 10.3. The van der Waals surface area contributed by atoms with E-state index in [2.05, 4.69) is 60.0 Å². The zero-order valence-corrected chi connectivity index (χ0v) is 17.5. The van der Waals surface area contributed by atoms with E-state index in [1.807, 2.05) is 0 Å². The van der Waals surface area contributed by atoms with Crippen LogP contribution in [0.5, 0.6) is 5.75 Å². The van der Waals surface area contributed by atoms with Gasteiger partial charge in [-0.3, -0.25) is 0 Å². The molecule has 2 heterocycles. The molecule has 4 nitrogen and oxygen atoms in total. The zero-order valence-electron chi connectivity index (χ0n) is 16.7. The molecule has 1 aliphatic rings. The van der Waals surface area contributed by atoms with Gasteiger partial charge in [-0.1, -0.05) is 37.3 Å². The summed E-state index contributed by atoms with van der Waals surface area (Å²) in [5, 5.41) is 8.70. The fourth-order valence-corrected chi connectivity index (χ4v) is 5.13. The van der Waals surface area contributed by atoms with Gasteiger partial charge in [-0.05, 0) is 49.9 Å². The van der Waals surface area contributed by atoms with Crippen LogP contribution in [0.15, 0.2) is 42.5 Å². The van der Waals surface area contributed by atoms with Crippen LogP contribution in [0, 0.1) is 0 Å². The molecule has 0 bridgehead atoms. The molecule has 4 rings (SSSR count). The fourth-order valence-electron chi connectivity index (χ4n) is 4.06. The van der Waals surface area contributed by atoms with E-state index in [9.17, 15) is 0 Å². The van der Waals surface area contributed by atoms with Crippen LogP contribution in [0.25, 0.3) is 10.2 Å². The number of aryl methyl sites for hydroxylation is 1. The Labute approximate surface area is 171 Å². The third kappa shape index (κ3) is 4.22. The molecule has 1 aromatic heterocycles. The number of hydrogen-bond donors (Lipinski definition) is 2. The number of rotatable bonds is 7. The van der Waals surface area contributed by atoms with E-state index < -0.39 is 0 Å². The first kappa shape index (κ1) is 19.4. The van der Waals surface area contributed by atoms with Crippen LogP contribution >= 0.6 is 11.3 Å². The Morgan fingerprint density at radius 2 is 2.11 bits per heavy atom. The Morgan fingerprint density at radius 3 is 2.89 bits per heavy atom. The van der Waals surface area contributed by atoms with Gasteiger partial charge in [-0.25, -0.2) is 4.98 Å². The second kappa shape index (κ2) is 9.03. The lowest BCUT2D eigenvalue weighted by atomic mass is 9.92. The molecule has 3 aromatic rings. The van der Waals surface area contributed by atoms with Gasteiger partial charge in [0.2, 0.25) is 0 Å². The van der Waals surface area contributed by atoms with E-state index in [0.717, 1.165) is 37.2 Å². The van der Waals surface area contributed by atoms with Crippen molar-refractivity contribution in [1.29, 1.82) is 0 Å². The highest BCUT2D eigenvalue weighted by atomic mass is 32.1. The van der Waals surface area contributed by atoms with Crippen LogP contribution in [-0.2, 0) is 13.0 Å². The molecule has 2 unspecified atom stereocenters. The summed E-state index contributed by atoms with van der Waals surface area (Å²) < 4.78 is 6.91. The van der Waals surface area contributed by atoms with Crippen molar-refractivity contribution >= 4 is 21.6 Å². The van der Waals surface area contributed by atoms with Gasteiger partial charge < -0.3 is 15.4 Å². The molecule has 28 heavy (non-hydrogen) atoms. The smallest absolute Gasteiger partial charge is 0.124 e. The first-order valence-corrected chi connectivity index (χ1v) is 11.1. The third-order valence-electron chi connectivity index (χ3n) is 5.47. The van der Waals surface area contributed by atoms with Crippen molar-refractivity contribution in [2.45, 2.75) is 51.2 Å². The summed E-state index contributed by atoms with van der Waals surface area (Å²) in [7, 11) is 1.76. The van der Waals surface area contributed by atoms with Gasteiger partial charge in [-0.2, -0.15) is 0 Å². The highest BCUT2D eigenvalue weighted by Crippen LogP contribution is 2.31. The lowest BCUT2D eigenvalue weighted by molar-refractivity contribution is 0.303. The molecule has 0 aliphatic carbocycles. The third-order valence-corrected chi connectivity index (χ3v) is 6.55. The molecular formula is C23H29N3OS. The number of benzene rings is 2. The monoisotopic (exact) mass is 395 g/mol. The Kier molecular flexibility index (Phi) is 6.25. The van der Waals surface area contributed by atoms with E-state index in [1.165, 1.54) is 33.7 Å². The maximum Gasteiger partial charge on any atom is 0.124 e. The number of methoxy groups -OCH3 is 1. The number of piperidine rings is 1. The van der Waals surface area contributed by atoms with Crippen molar-refractivity contribution in [1.82, 2.24) is 15.6 Å². The van der Waals surface area contributed by atoms with Crippen LogP contribution in [-0.4, -0.2) is 24.7 Å². The Balaban J connectivity index is 1.53. The summed E-state index contributed by atoms with van der Waals surface area (Å²) in [6.45, 7) is 4.06. The van der Waals surface area contributed by atoms with Gasteiger partial charge in [0.1, 0.15) is 5.75 Å². The molecule has 2 N–H and O–H groups in total. The molecule has 0 radical (unpaired) electrons. The maximum atomic E-state index is 5.70. The number of ether oxygens (including phenoxy) is 1. The van der Waals surface area contributed by atoms with Gasteiger partial charge >= 0.3 is 0 Å². The van der Waals surface area contributed by atoms with E-state index in [-0.39, 0.29) is 0 Å². The Hall–Kier alpha value is -1.95. The van der Waals surface area contributed by atoms with Crippen LogP contribution in [0.4, 0.5) is 0 Å². The first-order chi connectivity index (χ1) is 13.8. The zero-order chi connectivity index (χ0) is 19.3. The number of nitrogens with zero attached hydrogens (tertiary/aromatic N) is 1. The minimum atomic E-state index is 0.347. The van der Waals surface area contributed by atoms with Crippen molar-refractivity contribution < 1.29 is 4.74 Å². The molecule has 2 atom stereocenters. The van der Waals surface area contributed by atoms with Crippen molar-refractivity contribution in [3.05, 3.63) is 58.6 Å². The standard InChI is InChI=1S/C23H29N3OS/c1-3-8-22-26-19-13-17(20(27-2)14-21(19)28-22)15-25-18-11-7-12-24-23(18)16-9-5-4-6-10-16/h4-6,9-10,13-14,18,23-25H,3,7-8,11-12,15H2,1-2H3. The quantitative estimate of drug-likeness (QED) is 0.601. The van der Waals surface area contributed by atoms with E-state index in [4.69, 9.17) is 9.72 Å². The van der Waals surface area contributed by atoms with Crippen LogP contribution in [0.2, 0.25) is 0 Å². The summed E-state index contributed by atoms with van der Waals surface area (Å²) in [4.78, 5) is 4.82. The second-order valence-electron chi connectivity index (χ2n) is 7.46. The van der Waals surface area contributed by atoms with Crippen molar-refractivity contribution in [2.75, 3.05) is 13.7 Å². The van der Waals surface area contributed by atoms with Crippen LogP contribution in [0.1, 0.15) is 48.4 Å². The number of aromatic nitrogens is 1. The van der Waals surface area contributed by atoms with Gasteiger partial charge in [0, 0.05) is 24.2 Å². The molecule has 2 aromatic carbocycles. The fraction of sp³-hybridized carbons (Fsp3) is 0.435. The highest BCUT2D eigenvalue weighted by molar-refractivity contribution is 7.18. The van der Waals surface area contributed by atoms with E-state index in [1.54, 1.807) is 18.4 Å². The highest BCUT2D eigenvalue weighted by Gasteiger charge is 2.25. The normalized spacial score (nSPS) is 19.8. The minimum absolute atomic E-state index is 0.347. The van der Waals surface area contributed by atoms with Crippen LogP contribution < -0.4 is 15.4 Å². The average Bonchev–Trinajstić information content (AvgIpc) is 3.13. The Bertz CT molecular complexity index is 909. The number of thiazole rings is 1. The van der Waals surface area contributed by atoms with Crippen molar-refractivity contribution in [3.63, 3.8) is 0 Å². The predicted molar refractivity (Wildman–Crippen MR) is 117 cm³/mol. The molecule has 0 saturated carbocycles. The molecule has 148 valence electrons. The molecule has 1 aliphatic heterocycles. The molecule has 1 fully saturated rings. The summed E-state index contributed by atoms with van der Waals surface area (Å²) in [5.41, 5.74) is 3.62. The van der Waals surface area contributed by atoms with Crippen LogP contribution in [0.3, 0.4) is 0 Å². The summed E-state index contributed by atoms with van der Waals surface area (Å²) in [6.07, 6.45) is 4.54. The maximum absolute atomic E-state index is 5.70. The summed E-state index contributed by atoms with van der Waals surface area (Å²) >= 11 is 1.78. The van der Waals surface area contributed by atoms with Gasteiger partial charge in [-0.15, -0.1) is 11.3 Å². The predicted octanol–water partition coefficient (Wildman–Crippen LogP) is 4.84. The van der Waals surface area contributed by atoms with Gasteiger partial charge in [0.05, 0.1) is 22.3 Å². The topological polar surface area (TPSA) is 46.2 Å².